The van der Waals surface area contributed by atoms with Crippen molar-refractivity contribution in [3.8, 4) is 0 Å². The number of hydrogen-bond acceptors (Lipinski definition) is 6. The minimum Gasteiger partial charge on any atom is -0.353 e. The van der Waals surface area contributed by atoms with Crippen molar-refractivity contribution in [2.75, 3.05) is 36.0 Å². The van der Waals surface area contributed by atoms with Crippen molar-refractivity contribution in [3.05, 3.63) is 42.4 Å². The molecule has 1 fully saturated rings. The van der Waals surface area contributed by atoms with Crippen LogP contribution in [0, 0.1) is 13.8 Å². The van der Waals surface area contributed by atoms with E-state index in [9.17, 15) is 0 Å². The summed E-state index contributed by atoms with van der Waals surface area (Å²) < 4.78 is 2.01. The highest BCUT2D eigenvalue weighted by Crippen LogP contribution is 2.21. The van der Waals surface area contributed by atoms with Crippen LogP contribution in [0.15, 0.2) is 30.9 Å². The van der Waals surface area contributed by atoms with Crippen LogP contribution in [0.2, 0.25) is 0 Å². The highest BCUT2D eigenvalue weighted by atomic mass is 15.3. The lowest BCUT2D eigenvalue weighted by Gasteiger charge is -2.36. The van der Waals surface area contributed by atoms with Crippen molar-refractivity contribution < 1.29 is 0 Å². The average molecular weight is 309 g/mol. The van der Waals surface area contributed by atoms with Crippen molar-refractivity contribution >= 4 is 17.3 Å². The molecule has 0 atom stereocenters. The van der Waals surface area contributed by atoms with Crippen molar-refractivity contribution in [2.24, 2.45) is 0 Å². The maximum atomic E-state index is 4.56. The van der Waals surface area contributed by atoms with Gasteiger partial charge in [-0.2, -0.15) is 0 Å². The van der Waals surface area contributed by atoms with Gasteiger partial charge in [0.05, 0.1) is 0 Å². The number of hydrogen-bond donors (Lipinski definition) is 0. The van der Waals surface area contributed by atoms with Gasteiger partial charge in [-0.25, -0.2) is 19.9 Å². The summed E-state index contributed by atoms with van der Waals surface area (Å²) in [5, 5.41) is 0. The fourth-order valence-electron chi connectivity index (χ4n) is 3.07. The fraction of sp³-hybridized carbons (Fsp3) is 0.375. The maximum absolute atomic E-state index is 4.56. The van der Waals surface area contributed by atoms with Crippen molar-refractivity contribution in [1.29, 1.82) is 0 Å². The Hall–Kier alpha value is -2.70. The fourth-order valence-corrected chi connectivity index (χ4v) is 3.07. The van der Waals surface area contributed by atoms with Crippen molar-refractivity contribution in [1.82, 2.24) is 24.3 Å². The molecule has 7 nitrogen and oxygen atoms in total. The van der Waals surface area contributed by atoms with E-state index in [-0.39, 0.29) is 0 Å². The van der Waals surface area contributed by atoms with Gasteiger partial charge in [0.2, 0.25) is 0 Å². The summed E-state index contributed by atoms with van der Waals surface area (Å²) in [7, 11) is 0. The molecule has 0 aliphatic carbocycles. The number of fused-ring (bicyclic) bond motifs is 1. The van der Waals surface area contributed by atoms with Crippen LogP contribution in [0.1, 0.15) is 11.5 Å². The van der Waals surface area contributed by atoms with Gasteiger partial charge in [0.15, 0.2) is 11.5 Å². The summed E-state index contributed by atoms with van der Waals surface area (Å²) in [6, 6.07) is 2.05. The molecule has 1 aliphatic rings. The molecule has 0 amide bonds. The van der Waals surface area contributed by atoms with Gasteiger partial charge >= 0.3 is 0 Å². The Bertz CT molecular complexity index is 813. The van der Waals surface area contributed by atoms with Gasteiger partial charge < -0.3 is 14.2 Å². The molecule has 7 heteroatoms. The molecule has 0 unspecified atom stereocenters. The Balaban J connectivity index is 1.54. The molecule has 3 aromatic rings. The van der Waals surface area contributed by atoms with Crippen LogP contribution in [0.5, 0.6) is 0 Å². The van der Waals surface area contributed by atoms with E-state index in [1.807, 2.05) is 43.0 Å². The molecule has 23 heavy (non-hydrogen) atoms. The Labute approximate surface area is 134 Å². The summed E-state index contributed by atoms with van der Waals surface area (Å²) in [6.45, 7) is 7.59. The van der Waals surface area contributed by atoms with E-state index in [0.717, 1.165) is 55.0 Å². The second-order valence-electron chi connectivity index (χ2n) is 5.80. The Morgan fingerprint density at radius 1 is 0.870 bits per heavy atom. The zero-order valence-electron chi connectivity index (χ0n) is 13.3. The van der Waals surface area contributed by atoms with Gasteiger partial charge in [0, 0.05) is 62.7 Å². The monoisotopic (exact) mass is 309 g/mol. The molecule has 4 heterocycles. The van der Waals surface area contributed by atoms with Crippen molar-refractivity contribution in [3.63, 3.8) is 0 Å². The highest BCUT2D eigenvalue weighted by Gasteiger charge is 2.21. The Morgan fingerprint density at radius 3 is 2.30 bits per heavy atom. The van der Waals surface area contributed by atoms with Crippen LogP contribution < -0.4 is 9.80 Å². The molecular weight excluding hydrogens is 290 g/mol. The number of rotatable bonds is 2. The molecule has 0 saturated carbocycles. The maximum Gasteiger partial charge on any atom is 0.180 e. The number of aromatic nitrogens is 5. The highest BCUT2D eigenvalue weighted by molar-refractivity contribution is 5.64. The van der Waals surface area contributed by atoms with Gasteiger partial charge in [-0.3, -0.25) is 0 Å². The molecule has 118 valence electrons. The van der Waals surface area contributed by atoms with Gasteiger partial charge in [0.1, 0.15) is 11.6 Å². The predicted molar refractivity (Wildman–Crippen MR) is 88.9 cm³/mol. The van der Waals surface area contributed by atoms with Gasteiger partial charge in [-0.05, 0) is 13.8 Å². The lowest BCUT2D eigenvalue weighted by atomic mass is 10.3. The van der Waals surface area contributed by atoms with Gasteiger partial charge in [0.25, 0.3) is 0 Å². The Morgan fingerprint density at radius 2 is 1.57 bits per heavy atom. The number of nitrogens with zero attached hydrogens (tertiary/aromatic N) is 7. The zero-order valence-corrected chi connectivity index (χ0v) is 13.3. The van der Waals surface area contributed by atoms with Gasteiger partial charge in [-0.1, -0.05) is 0 Å². The van der Waals surface area contributed by atoms with E-state index >= 15 is 0 Å². The standard InChI is InChI=1S/C16H19N7/c1-12-11-14(20-13(2)19-12)21-7-9-23(10-8-21)16-15-17-3-5-22(15)6-4-18-16/h3-6,11H,7-10H2,1-2H3. The Kier molecular flexibility index (Phi) is 3.33. The number of piperazine rings is 1. The SMILES string of the molecule is Cc1cc(N2CCN(c3nccn4ccnc34)CC2)nc(C)n1. The minimum atomic E-state index is 0.825. The molecule has 0 spiro atoms. The summed E-state index contributed by atoms with van der Waals surface area (Å²) in [5.41, 5.74) is 1.92. The lowest BCUT2D eigenvalue weighted by molar-refractivity contribution is 0.639. The topological polar surface area (TPSA) is 62.5 Å². The summed E-state index contributed by atoms with van der Waals surface area (Å²) in [5.74, 6) is 2.79. The number of imidazole rings is 1. The van der Waals surface area contributed by atoms with Crippen LogP contribution in [0.3, 0.4) is 0 Å². The number of anilines is 2. The van der Waals surface area contributed by atoms with E-state index in [2.05, 4.69) is 35.8 Å². The van der Waals surface area contributed by atoms with E-state index in [1.165, 1.54) is 0 Å². The summed E-state index contributed by atoms with van der Waals surface area (Å²) >= 11 is 0. The van der Waals surface area contributed by atoms with Crippen LogP contribution in [-0.2, 0) is 0 Å². The van der Waals surface area contributed by atoms with E-state index in [4.69, 9.17) is 0 Å². The molecule has 1 saturated heterocycles. The zero-order chi connectivity index (χ0) is 15.8. The van der Waals surface area contributed by atoms with Gasteiger partial charge in [-0.15, -0.1) is 0 Å². The van der Waals surface area contributed by atoms with Crippen LogP contribution in [0.25, 0.3) is 5.65 Å². The summed E-state index contributed by atoms with van der Waals surface area (Å²) in [4.78, 5) is 22.5. The minimum absolute atomic E-state index is 0.825. The van der Waals surface area contributed by atoms with E-state index in [0.29, 0.717) is 0 Å². The van der Waals surface area contributed by atoms with Crippen LogP contribution in [0.4, 0.5) is 11.6 Å². The van der Waals surface area contributed by atoms with E-state index in [1.54, 1.807) is 0 Å². The molecule has 1 aliphatic heterocycles. The molecule has 0 bridgehead atoms. The second kappa shape index (κ2) is 5.49. The molecule has 3 aromatic heterocycles. The van der Waals surface area contributed by atoms with Crippen LogP contribution in [-0.4, -0.2) is 50.5 Å². The largest absolute Gasteiger partial charge is 0.353 e. The third-order valence-corrected chi connectivity index (χ3v) is 4.15. The normalized spacial score (nSPS) is 15.4. The molecule has 4 rings (SSSR count). The first-order valence-electron chi connectivity index (χ1n) is 7.80. The summed E-state index contributed by atoms with van der Waals surface area (Å²) in [6.07, 6.45) is 7.51. The first-order chi connectivity index (χ1) is 11.2. The number of aryl methyl sites for hydroxylation is 2. The van der Waals surface area contributed by atoms with Crippen molar-refractivity contribution in [2.45, 2.75) is 13.8 Å². The first-order valence-corrected chi connectivity index (χ1v) is 7.80. The first kappa shape index (κ1) is 13.9. The third-order valence-electron chi connectivity index (χ3n) is 4.15. The third kappa shape index (κ3) is 2.58. The smallest absolute Gasteiger partial charge is 0.180 e. The van der Waals surface area contributed by atoms with E-state index < -0.39 is 0 Å². The van der Waals surface area contributed by atoms with Crippen LogP contribution >= 0.6 is 0 Å². The molecule has 0 aromatic carbocycles. The second-order valence-corrected chi connectivity index (χ2v) is 5.80. The molecular formula is C16H19N7. The molecule has 0 N–H and O–H groups in total. The average Bonchev–Trinajstić information content (AvgIpc) is 3.02. The lowest BCUT2D eigenvalue weighted by Crippen LogP contribution is -2.47. The quantitative estimate of drug-likeness (QED) is 0.714. The molecule has 0 radical (unpaired) electrons. The predicted octanol–water partition coefficient (Wildman–Crippen LogP) is 1.46.